The van der Waals surface area contributed by atoms with E-state index in [9.17, 15) is 4.21 Å². The van der Waals surface area contributed by atoms with Gasteiger partial charge in [0.05, 0.1) is 16.8 Å². The zero-order valence-electron chi connectivity index (χ0n) is 14.7. The Labute approximate surface area is 161 Å². The van der Waals surface area contributed by atoms with E-state index < -0.39 is 15.7 Å². The lowest BCUT2D eigenvalue weighted by molar-refractivity contribution is 0.670. The van der Waals surface area contributed by atoms with E-state index in [4.69, 9.17) is 11.6 Å². The third-order valence-corrected chi connectivity index (χ3v) is 7.13. The first-order valence-corrected chi connectivity index (χ1v) is 10.1. The van der Waals surface area contributed by atoms with Crippen LogP contribution in [0.15, 0.2) is 83.8 Å². The molecule has 3 atom stereocenters. The average molecular weight is 382 g/mol. The lowest BCUT2D eigenvalue weighted by atomic mass is 10.1. The summed E-state index contributed by atoms with van der Waals surface area (Å²) in [6.07, 6.45) is 0. The first-order chi connectivity index (χ1) is 12.5. The quantitative estimate of drug-likeness (QED) is 0.537. The molecule has 0 saturated carbocycles. The Kier molecular flexibility index (Phi) is 4.37. The van der Waals surface area contributed by atoms with Crippen LogP contribution in [0.4, 0.5) is 5.69 Å². The van der Waals surface area contributed by atoms with E-state index in [-0.39, 0.29) is 6.04 Å². The molecule has 1 aliphatic rings. The summed E-state index contributed by atoms with van der Waals surface area (Å²) in [7, 11) is -1.17. The van der Waals surface area contributed by atoms with Crippen molar-refractivity contribution in [1.29, 1.82) is 0 Å². The van der Waals surface area contributed by atoms with Gasteiger partial charge in [-0.2, -0.15) is 0 Å². The molecule has 4 rings (SSSR count). The van der Waals surface area contributed by atoms with Crippen LogP contribution < -0.4 is 4.90 Å². The second-order valence-electron chi connectivity index (χ2n) is 6.80. The molecule has 1 unspecified atom stereocenters. The molecule has 3 aromatic rings. The number of aryl methyl sites for hydroxylation is 1. The lowest BCUT2D eigenvalue weighted by Gasteiger charge is -2.13. The first kappa shape index (κ1) is 17.3. The molecule has 1 saturated heterocycles. The summed E-state index contributed by atoms with van der Waals surface area (Å²) in [6.45, 7) is 4.12. The largest absolute Gasteiger partial charge is 0.342 e. The molecule has 0 bridgehead atoms. The number of rotatable bonds is 4. The Bertz CT molecular complexity index is 940. The molecule has 132 valence electrons. The molecule has 1 fully saturated rings. The number of halogens is 1. The summed E-state index contributed by atoms with van der Waals surface area (Å²) < 4.78 is 13.5. The smallest absolute Gasteiger partial charge is 0.143 e. The highest BCUT2D eigenvalue weighted by Crippen LogP contribution is 2.58. The minimum Gasteiger partial charge on any atom is -0.342 e. The van der Waals surface area contributed by atoms with E-state index in [1.165, 1.54) is 11.1 Å². The fourth-order valence-corrected chi connectivity index (χ4v) is 5.33. The summed E-state index contributed by atoms with van der Waals surface area (Å²) in [5.41, 5.74) is 3.37. The van der Waals surface area contributed by atoms with Crippen LogP contribution in [0.25, 0.3) is 0 Å². The summed E-state index contributed by atoms with van der Waals surface area (Å²) in [6, 6.07) is 26.1. The fourth-order valence-electron chi connectivity index (χ4n) is 3.56. The molecular formula is C22H20ClNOS. The molecule has 1 heterocycles. The van der Waals surface area contributed by atoms with E-state index in [1.54, 1.807) is 0 Å². The predicted molar refractivity (Wildman–Crippen MR) is 109 cm³/mol. The van der Waals surface area contributed by atoms with Crippen LogP contribution >= 0.6 is 11.6 Å². The summed E-state index contributed by atoms with van der Waals surface area (Å²) in [5, 5.41) is 0.702. The highest BCUT2D eigenvalue weighted by Gasteiger charge is 2.64. The predicted octanol–water partition coefficient (Wildman–Crippen LogP) is 5.73. The fraction of sp³-hybridized carbons (Fsp3) is 0.182. The molecule has 26 heavy (non-hydrogen) atoms. The molecule has 0 amide bonds. The number of nitrogens with zero attached hydrogens (tertiary/aromatic N) is 1. The molecule has 2 nitrogen and oxygen atoms in total. The Morgan fingerprint density at radius 1 is 0.923 bits per heavy atom. The second-order valence-corrected chi connectivity index (χ2v) is 9.07. The normalized spacial score (nSPS) is 22.9. The Morgan fingerprint density at radius 2 is 1.54 bits per heavy atom. The van der Waals surface area contributed by atoms with Crippen molar-refractivity contribution in [3.05, 3.63) is 95.0 Å². The molecule has 0 N–H and O–H groups in total. The maximum atomic E-state index is 13.5. The van der Waals surface area contributed by atoms with E-state index in [0.717, 1.165) is 10.6 Å². The minimum atomic E-state index is -1.17. The maximum absolute atomic E-state index is 13.5. The number of benzene rings is 3. The highest BCUT2D eigenvalue weighted by molar-refractivity contribution is 7.87. The molecular weight excluding hydrogens is 362 g/mol. The van der Waals surface area contributed by atoms with Gasteiger partial charge in [0.2, 0.25) is 0 Å². The Balaban J connectivity index is 1.76. The van der Waals surface area contributed by atoms with Crippen molar-refractivity contribution in [2.75, 3.05) is 4.90 Å². The van der Waals surface area contributed by atoms with Gasteiger partial charge in [-0.15, -0.1) is 0 Å². The minimum absolute atomic E-state index is 0.0620. The van der Waals surface area contributed by atoms with Gasteiger partial charge in [0.25, 0.3) is 0 Å². The third kappa shape index (κ3) is 2.85. The third-order valence-electron chi connectivity index (χ3n) is 5.01. The van der Waals surface area contributed by atoms with Gasteiger partial charge >= 0.3 is 0 Å². The van der Waals surface area contributed by atoms with E-state index in [0.29, 0.717) is 5.02 Å². The number of hydrogen-bond donors (Lipinski definition) is 0. The summed E-state index contributed by atoms with van der Waals surface area (Å²) in [4.78, 5) is 2.59. The highest BCUT2D eigenvalue weighted by atomic mass is 35.5. The molecule has 0 spiro atoms. The Hall–Kier alpha value is -2.10. The van der Waals surface area contributed by atoms with Crippen molar-refractivity contribution in [3.63, 3.8) is 0 Å². The first-order valence-electron chi connectivity index (χ1n) is 8.60. The van der Waals surface area contributed by atoms with Gasteiger partial charge < -0.3 is 4.90 Å². The zero-order chi connectivity index (χ0) is 18.3. The van der Waals surface area contributed by atoms with E-state index in [1.807, 2.05) is 73.7 Å². The van der Waals surface area contributed by atoms with Crippen molar-refractivity contribution in [2.24, 2.45) is 0 Å². The topological polar surface area (TPSA) is 20.1 Å². The van der Waals surface area contributed by atoms with Crippen LogP contribution in [0, 0.1) is 6.92 Å². The van der Waals surface area contributed by atoms with Crippen LogP contribution in [0.3, 0.4) is 0 Å². The van der Waals surface area contributed by atoms with Crippen molar-refractivity contribution in [1.82, 2.24) is 0 Å². The van der Waals surface area contributed by atoms with Gasteiger partial charge in [-0.05, 0) is 55.8 Å². The van der Waals surface area contributed by atoms with Crippen LogP contribution in [-0.4, -0.2) is 9.08 Å². The molecule has 0 radical (unpaired) electrons. The lowest BCUT2D eigenvalue weighted by Crippen LogP contribution is -2.21. The van der Waals surface area contributed by atoms with Gasteiger partial charge in [-0.25, -0.2) is 0 Å². The molecule has 3 aromatic carbocycles. The number of hydrogen-bond acceptors (Lipinski definition) is 2. The van der Waals surface area contributed by atoms with Crippen LogP contribution in [0.2, 0.25) is 5.02 Å². The van der Waals surface area contributed by atoms with Crippen molar-refractivity contribution in [3.8, 4) is 0 Å². The van der Waals surface area contributed by atoms with Gasteiger partial charge in [-0.1, -0.05) is 59.6 Å². The van der Waals surface area contributed by atoms with Crippen LogP contribution in [0.5, 0.6) is 0 Å². The van der Waals surface area contributed by atoms with Crippen LogP contribution in [0.1, 0.15) is 24.1 Å². The standard InChI is InChI=1S/C22H20ClNOS/c1-16-8-14-20(15-9-16)26(25)22(2)21(17-6-4-3-5-7-17)24(22)19-12-10-18(23)11-13-19/h3-15,21H,1-2H3/t21-,22-,24?,26?/m1/s1. The average Bonchev–Trinajstić information content (AvgIpc) is 3.30. The summed E-state index contributed by atoms with van der Waals surface area (Å²) >= 11 is 6.06. The van der Waals surface area contributed by atoms with Gasteiger partial charge in [0.1, 0.15) is 4.87 Å². The van der Waals surface area contributed by atoms with Crippen molar-refractivity contribution >= 4 is 28.1 Å². The monoisotopic (exact) mass is 381 g/mol. The second kappa shape index (κ2) is 6.57. The van der Waals surface area contributed by atoms with E-state index in [2.05, 4.69) is 24.0 Å². The molecule has 0 aliphatic carbocycles. The number of anilines is 1. The molecule has 0 aromatic heterocycles. The van der Waals surface area contributed by atoms with E-state index >= 15 is 0 Å². The zero-order valence-corrected chi connectivity index (χ0v) is 16.3. The maximum Gasteiger partial charge on any atom is 0.143 e. The summed E-state index contributed by atoms with van der Waals surface area (Å²) in [5.74, 6) is 0. The Morgan fingerprint density at radius 3 is 2.15 bits per heavy atom. The van der Waals surface area contributed by atoms with Gasteiger partial charge in [0, 0.05) is 15.6 Å². The van der Waals surface area contributed by atoms with Crippen molar-refractivity contribution in [2.45, 2.75) is 29.7 Å². The molecule has 1 aliphatic heterocycles. The molecule has 4 heteroatoms. The SMILES string of the molecule is Cc1ccc(S(=O)[C@]2(C)[C@@H](c3ccccc3)N2c2ccc(Cl)cc2)cc1. The van der Waals surface area contributed by atoms with Gasteiger partial charge in [0.15, 0.2) is 0 Å². The van der Waals surface area contributed by atoms with Crippen LogP contribution in [-0.2, 0) is 10.8 Å². The van der Waals surface area contributed by atoms with Crippen molar-refractivity contribution < 1.29 is 4.21 Å². The van der Waals surface area contributed by atoms with Gasteiger partial charge in [-0.3, -0.25) is 4.21 Å².